The number of rotatable bonds is 7. The van der Waals surface area contributed by atoms with Crippen LogP contribution in [0.3, 0.4) is 0 Å². The third kappa shape index (κ3) is 5.50. The summed E-state index contributed by atoms with van der Waals surface area (Å²) in [7, 11) is 3.17. The number of piperidine rings is 1. The normalized spacial score (nSPS) is 14.3. The topological polar surface area (TPSA) is 67.9 Å². The van der Waals surface area contributed by atoms with E-state index < -0.39 is 0 Å². The lowest BCUT2D eigenvalue weighted by Crippen LogP contribution is -2.43. The van der Waals surface area contributed by atoms with Crippen LogP contribution in [0.4, 0.5) is 0 Å². The highest BCUT2D eigenvalue weighted by molar-refractivity contribution is 5.81. The van der Waals surface area contributed by atoms with E-state index in [4.69, 9.17) is 9.47 Å². The van der Waals surface area contributed by atoms with Crippen LogP contribution in [0.2, 0.25) is 0 Å². The van der Waals surface area contributed by atoms with Crippen LogP contribution in [-0.2, 0) is 22.6 Å². The van der Waals surface area contributed by atoms with Crippen LogP contribution in [0.25, 0.3) is 0 Å². The summed E-state index contributed by atoms with van der Waals surface area (Å²) >= 11 is 0. The van der Waals surface area contributed by atoms with Crippen LogP contribution in [0, 0.1) is 5.92 Å². The lowest BCUT2D eigenvalue weighted by atomic mass is 9.95. The van der Waals surface area contributed by atoms with Crippen molar-refractivity contribution < 1.29 is 19.1 Å². The molecule has 154 valence electrons. The molecule has 1 N–H and O–H groups in total. The maximum Gasteiger partial charge on any atom is 0.226 e. The number of carbonyl (C=O) groups is 2. The molecule has 6 nitrogen and oxygen atoms in total. The summed E-state index contributed by atoms with van der Waals surface area (Å²) in [4.78, 5) is 26.9. The van der Waals surface area contributed by atoms with Crippen LogP contribution in [0.5, 0.6) is 11.5 Å². The van der Waals surface area contributed by atoms with Gasteiger partial charge in [-0.1, -0.05) is 36.4 Å². The number of carbonyl (C=O) groups excluding carboxylic acids is 2. The van der Waals surface area contributed by atoms with Gasteiger partial charge in [-0.15, -0.1) is 0 Å². The van der Waals surface area contributed by atoms with Crippen molar-refractivity contribution in [1.29, 1.82) is 0 Å². The largest absolute Gasteiger partial charge is 0.493 e. The number of amides is 2. The van der Waals surface area contributed by atoms with Crippen molar-refractivity contribution >= 4 is 11.8 Å². The van der Waals surface area contributed by atoms with E-state index in [9.17, 15) is 9.59 Å². The van der Waals surface area contributed by atoms with Crippen LogP contribution < -0.4 is 14.8 Å². The highest BCUT2D eigenvalue weighted by Crippen LogP contribution is 2.28. The second-order valence-electron chi connectivity index (χ2n) is 7.22. The summed E-state index contributed by atoms with van der Waals surface area (Å²) in [6, 6.07) is 15.4. The zero-order valence-electron chi connectivity index (χ0n) is 17.0. The Balaban J connectivity index is 1.47. The number of likely N-dealkylation sites (tertiary alicyclic amines) is 1. The Morgan fingerprint density at radius 1 is 0.966 bits per heavy atom. The number of nitrogens with one attached hydrogen (secondary N) is 1. The van der Waals surface area contributed by atoms with Gasteiger partial charge in [-0.05, 0) is 36.1 Å². The first-order valence-electron chi connectivity index (χ1n) is 9.91. The summed E-state index contributed by atoms with van der Waals surface area (Å²) in [5, 5.41) is 3.01. The Hall–Kier alpha value is -3.02. The molecule has 29 heavy (non-hydrogen) atoms. The molecule has 1 fully saturated rings. The molecule has 1 aliphatic rings. The molecule has 2 aromatic rings. The SMILES string of the molecule is COc1ccc(CC(=O)N2CCC(C(=O)NCc3ccccc3)CC2)cc1OC. The van der Waals surface area contributed by atoms with Crippen molar-refractivity contribution in [2.24, 2.45) is 5.92 Å². The third-order valence-corrected chi connectivity index (χ3v) is 5.33. The van der Waals surface area contributed by atoms with Gasteiger partial charge in [0.1, 0.15) is 0 Å². The number of methoxy groups -OCH3 is 2. The molecule has 2 amide bonds. The fourth-order valence-electron chi connectivity index (χ4n) is 3.60. The summed E-state index contributed by atoms with van der Waals surface area (Å²) in [5.74, 6) is 1.36. The number of hydrogen-bond donors (Lipinski definition) is 1. The second kappa shape index (κ2) is 9.96. The molecule has 3 rings (SSSR count). The quantitative estimate of drug-likeness (QED) is 0.782. The first-order valence-corrected chi connectivity index (χ1v) is 9.91. The molecule has 2 aromatic carbocycles. The fourth-order valence-corrected chi connectivity index (χ4v) is 3.60. The molecule has 0 unspecified atom stereocenters. The fraction of sp³-hybridized carbons (Fsp3) is 0.391. The Morgan fingerprint density at radius 2 is 1.66 bits per heavy atom. The maximum absolute atomic E-state index is 12.7. The molecule has 0 radical (unpaired) electrons. The van der Waals surface area contributed by atoms with E-state index in [1.54, 1.807) is 14.2 Å². The van der Waals surface area contributed by atoms with Crippen molar-refractivity contribution in [1.82, 2.24) is 10.2 Å². The van der Waals surface area contributed by atoms with E-state index in [0.717, 1.165) is 11.1 Å². The highest BCUT2D eigenvalue weighted by Gasteiger charge is 2.27. The van der Waals surface area contributed by atoms with Gasteiger partial charge in [0.05, 0.1) is 20.6 Å². The van der Waals surface area contributed by atoms with Crippen LogP contribution in [0.15, 0.2) is 48.5 Å². The minimum atomic E-state index is -0.0381. The Labute approximate surface area is 171 Å². The van der Waals surface area contributed by atoms with Gasteiger partial charge in [0.15, 0.2) is 11.5 Å². The summed E-state index contributed by atoms with van der Waals surface area (Å²) < 4.78 is 10.5. The van der Waals surface area contributed by atoms with Crippen molar-refractivity contribution in [3.05, 3.63) is 59.7 Å². The number of hydrogen-bond acceptors (Lipinski definition) is 4. The summed E-state index contributed by atoms with van der Waals surface area (Å²) in [5.41, 5.74) is 1.97. The van der Waals surface area contributed by atoms with Gasteiger partial charge in [-0.25, -0.2) is 0 Å². The van der Waals surface area contributed by atoms with Crippen LogP contribution >= 0.6 is 0 Å². The van der Waals surface area contributed by atoms with E-state index >= 15 is 0 Å². The molecule has 0 atom stereocenters. The average molecular weight is 396 g/mol. The zero-order chi connectivity index (χ0) is 20.6. The first kappa shape index (κ1) is 20.7. The summed E-state index contributed by atoms with van der Waals surface area (Å²) in [6.45, 7) is 1.75. The van der Waals surface area contributed by atoms with Crippen molar-refractivity contribution in [2.75, 3.05) is 27.3 Å². The first-order chi connectivity index (χ1) is 14.1. The molecule has 1 aliphatic heterocycles. The predicted molar refractivity (Wildman–Crippen MR) is 111 cm³/mol. The zero-order valence-corrected chi connectivity index (χ0v) is 17.0. The van der Waals surface area contributed by atoms with Gasteiger partial charge in [-0.2, -0.15) is 0 Å². The molecule has 0 saturated carbocycles. The molecule has 0 aliphatic carbocycles. The van der Waals surface area contributed by atoms with Crippen LogP contribution in [-0.4, -0.2) is 44.0 Å². The number of ether oxygens (including phenoxy) is 2. The van der Waals surface area contributed by atoms with E-state index in [1.165, 1.54) is 0 Å². The van der Waals surface area contributed by atoms with Crippen molar-refractivity contribution in [2.45, 2.75) is 25.8 Å². The Bertz CT molecular complexity index is 830. The second-order valence-corrected chi connectivity index (χ2v) is 7.22. The monoisotopic (exact) mass is 396 g/mol. The number of benzene rings is 2. The molecule has 1 heterocycles. The highest BCUT2D eigenvalue weighted by atomic mass is 16.5. The van der Waals surface area contributed by atoms with E-state index in [-0.39, 0.29) is 17.7 Å². The van der Waals surface area contributed by atoms with Crippen molar-refractivity contribution in [3.8, 4) is 11.5 Å². The third-order valence-electron chi connectivity index (χ3n) is 5.33. The van der Waals surface area contributed by atoms with Crippen LogP contribution in [0.1, 0.15) is 24.0 Å². The minimum absolute atomic E-state index is 0.0381. The van der Waals surface area contributed by atoms with Gasteiger partial charge < -0.3 is 19.7 Å². The maximum atomic E-state index is 12.7. The van der Waals surface area contributed by atoms with E-state index in [0.29, 0.717) is 50.4 Å². The predicted octanol–water partition coefficient (Wildman–Crippen LogP) is 2.80. The minimum Gasteiger partial charge on any atom is -0.493 e. The molecule has 0 bridgehead atoms. The lowest BCUT2D eigenvalue weighted by molar-refractivity contribution is -0.135. The smallest absolute Gasteiger partial charge is 0.226 e. The van der Waals surface area contributed by atoms with E-state index in [1.807, 2.05) is 53.4 Å². The lowest BCUT2D eigenvalue weighted by Gasteiger charge is -2.31. The van der Waals surface area contributed by atoms with Gasteiger partial charge in [-0.3, -0.25) is 9.59 Å². The van der Waals surface area contributed by atoms with Crippen molar-refractivity contribution in [3.63, 3.8) is 0 Å². The molecule has 1 saturated heterocycles. The van der Waals surface area contributed by atoms with Gasteiger partial charge in [0, 0.05) is 25.6 Å². The Kier molecular flexibility index (Phi) is 7.11. The van der Waals surface area contributed by atoms with Gasteiger partial charge in [0.2, 0.25) is 11.8 Å². The molecule has 0 spiro atoms. The Morgan fingerprint density at radius 3 is 2.31 bits per heavy atom. The molecule has 6 heteroatoms. The van der Waals surface area contributed by atoms with Gasteiger partial charge >= 0.3 is 0 Å². The molecular weight excluding hydrogens is 368 g/mol. The summed E-state index contributed by atoms with van der Waals surface area (Å²) in [6.07, 6.45) is 1.70. The molecule has 0 aromatic heterocycles. The molecular formula is C23H28N2O4. The van der Waals surface area contributed by atoms with E-state index in [2.05, 4.69) is 5.32 Å². The van der Waals surface area contributed by atoms with Gasteiger partial charge in [0.25, 0.3) is 0 Å². The number of nitrogens with zero attached hydrogens (tertiary/aromatic N) is 1. The standard InChI is InChI=1S/C23H28N2O4/c1-28-20-9-8-18(14-21(20)29-2)15-22(26)25-12-10-19(11-13-25)23(27)24-16-17-6-4-3-5-7-17/h3-9,14,19H,10-13,15-16H2,1-2H3,(H,24,27). The average Bonchev–Trinajstić information content (AvgIpc) is 2.78.